The highest BCUT2D eigenvalue weighted by Crippen LogP contribution is 2.12. The molecule has 2 atom stereocenters. The van der Waals surface area contributed by atoms with Gasteiger partial charge in [0.25, 0.3) is 0 Å². The van der Waals surface area contributed by atoms with Crippen molar-refractivity contribution in [1.29, 1.82) is 0 Å². The smallest absolute Gasteiger partial charge is 0.0727 e. The van der Waals surface area contributed by atoms with Gasteiger partial charge in [-0.1, -0.05) is 20.3 Å². The number of hydrogen-bond acceptors (Lipinski definition) is 3. The van der Waals surface area contributed by atoms with Crippen molar-refractivity contribution in [2.24, 2.45) is 7.05 Å². The Morgan fingerprint density at radius 2 is 2.17 bits per heavy atom. The molecule has 1 aromatic heterocycles. The minimum atomic E-state index is 0.279. The first-order valence-electron chi connectivity index (χ1n) is 6.94. The molecule has 4 nitrogen and oxygen atoms in total. The monoisotopic (exact) mass is 253 g/mol. The van der Waals surface area contributed by atoms with Crippen molar-refractivity contribution in [2.45, 2.75) is 51.7 Å². The Morgan fingerprint density at radius 1 is 1.39 bits per heavy atom. The molecular weight excluding hydrogens is 226 g/mol. The third kappa shape index (κ3) is 4.78. The van der Waals surface area contributed by atoms with Gasteiger partial charge in [-0.25, -0.2) is 0 Å². The summed E-state index contributed by atoms with van der Waals surface area (Å²) in [6.45, 7) is 5.43. The Morgan fingerprint density at radius 3 is 2.67 bits per heavy atom. The number of hydrogen-bond donors (Lipinski definition) is 1. The van der Waals surface area contributed by atoms with Crippen LogP contribution in [0.5, 0.6) is 0 Å². The maximum atomic E-state index is 5.64. The van der Waals surface area contributed by atoms with E-state index in [-0.39, 0.29) is 6.10 Å². The normalized spacial score (nSPS) is 14.7. The highest BCUT2D eigenvalue weighted by atomic mass is 16.5. The van der Waals surface area contributed by atoms with Crippen molar-refractivity contribution in [3.05, 3.63) is 18.0 Å². The van der Waals surface area contributed by atoms with Crippen LogP contribution in [0.4, 0.5) is 0 Å². The van der Waals surface area contributed by atoms with E-state index in [2.05, 4.69) is 30.5 Å². The van der Waals surface area contributed by atoms with Crippen LogP contribution in [0.15, 0.2) is 12.4 Å². The molecule has 2 unspecified atom stereocenters. The van der Waals surface area contributed by atoms with Gasteiger partial charge < -0.3 is 10.1 Å². The average molecular weight is 253 g/mol. The predicted molar refractivity (Wildman–Crippen MR) is 74.7 cm³/mol. The lowest BCUT2D eigenvalue weighted by Gasteiger charge is -2.26. The number of ether oxygens (including phenoxy) is 1. The molecule has 0 fully saturated rings. The molecule has 1 rings (SSSR count). The summed E-state index contributed by atoms with van der Waals surface area (Å²) >= 11 is 0. The Kier molecular flexibility index (Phi) is 6.98. The van der Waals surface area contributed by atoms with E-state index in [0.29, 0.717) is 6.04 Å². The second-order valence-electron chi connectivity index (χ2n) is 4.85. The van der Waals surface area contributed by atoms with E-state index in [1.54, 1.807) is 0 Å². The van der Waals surface area contributed by atoms with Gasteiger partial charge in [-0.2, -0.15) is 5.10 Å². The summed E-state index contributed by atoms with van der Waals surface area (Å²) in [4.78, 5) is 0. The number of nitrogens with zero attached hydrogens (tertiary/aromatic N) is 2. The fourth-order valence-electron chi connectivity index (χ4n) is 2.26. The molecule has 0 aliphatic heterocycles. The molecule has 0 aromatic carbocycles. The third-order valence-electron chi connectivity index (χ3n) is 3.20. The molecule has 0 amide bonds. The lowest BCUT2D eigenvalue weighted by molar-refractivity contribution is 0.0609. The van der Waals surface area contributed by atoms with Crippen LogP contribution in [0.25, 0.3) is 0 Å². The summed E-state index contributed by atoms with van der Waals surface area (Å²) in [5.41, 5.74) is 1.27. The largest absolute Gasteiger partial charge is 0.380 e. The topological polar surface area (TPSA) is 39.1 Å². The van der Waals surface area contributed by atoms with Crippen LogP contribution in [0.2, 0.25) is 0 Å². The fourth-order valence-corrected chi connectivity index (χ4v) is 2.26. The van der Waals surface area contributed by atoms with Crippen molar-refractivity contribution >= 4 is 0 Å². The van der Waals surface area contributed by atoms with Gasteiger partial charge in [-0.3, -0.25) is 4.68 Å². The summed E-state index contributed by atoms with van der Waals surface area (Å²) in [7, 11) is 3.77. The third-order valence-corrected chi connectivity index (χ3v) is 3.20. The maximum Gasteiger partial charge on any atom is 0.0727 e. The number of nitrogens with one attached hydrogen (secondary N) is 1. The lowest BCUT2D eigenvalue weighted by atomic mass is 10.00. The number of aryl methyl sites for hydroxylation is 1. The molecule has 0 saturated heterocycles. The number of aromatic nitrogens is 2. The summed E-state index contributed by atoms with van der Waals surface area (Å²) < 4.78 is 7.49. The van der Waals surface area contributed by atoms with Gasteiger partial charge in [0.15, 0.2) is 0 Å². The standard InChI is InChI=1S/C14H27N3O/c1-5-7-14(18-4)13(15-8-6-2)9-12-10-16-17(3)11-12/h10-11,13-15H,5-9H2,1-4H3. The fraction of sp³-hybridized carbons (Fsp3) is 0.786. The second-order valence-corrected chi connectivity index (χ2v) is 4.85. The highest BCUT2D eigenvalue weighted by Gasteiger charge is 2.20. The Hall–Kier alpha value is -0.870. The SMILES string of the molecule is CCCNC(Cc1cnn(C)c1)C(CCC)OC. The van der Waals surface area contributed by atoms with Crippen molar-refractivity contribution < 1.29 is 4.74 Å². The molecule has 4 heteroatoms. The van der Waals surface area contributed by atoms with Crippen LogP contribution >= 0.6 is 0 Å². The number of rotatable bonds is 9. The molecule has 0 spiro atoms. The van der Waals surface area contributed by atoms with Gasteiger partial charge in [-0.15, -0.1) is 0 Å². The van der Waals surface area contributed by atoms with Crippen molar-refractivity contribution in [1.82, 2.24) is 15.1 Å². The molecule has 1 aromatic rings. The average Bonchev–Trinajstić information content (AvgIpc) is 2.77. The first kappa shape index (κ1) is 15.2. The first-order valence-corrected chi connectivity index (χ1v) is 6.94. The molecule has 0 saturated carbocycles. The summed E-state index contributed by atoms with van der Waals surface area (Å²) in [5, 5.41) is 7.83. The Balaban J connectivity index is 2.63. The zero-order valence-electron chi connectivity index (χ0n) is 12.1. The van der Waals surface area contributed by atoms with Crippen LogP contribution in [0.3, 0.4) is 0 Å². The van der Waals surface area contributed by atoms with Crippen LogP contribution < -0.4 is 5.32 Å². The molecule has 1 heterocycles. The molecule has 0 radical (unpaired) electrons. The Labute approximate surface area is 111 Å². The van der Waals surface area contributed by atoms with E-state index >= 15 is 0 Å². The van der Waals surface area contributed by atoms with E-state index in [1.807, 2.05) is 25.0 Å². The zero-order chi connectivity index (χ0) is 13.4. The summed E-state index contributed by atoms with van der Waals surface area (Å²) in [6.07, 6.45) is 8.67. The number of methoxy groups -OCH3 is 1. The van der Waals surface area contributed by atoms with Gasteiger partial charge in [-0.05, 0) is 31.4 Å². The van der Waals surface area contributed by atoms with E-state index in [9.17, 15) is 0 Å². The van der Waals surface area contributed by atoms with Crippen LogP contribution in [0, 0.1) is 0 Å². The second kappa shape index (κ2) is 8.27. The molecule has 0 aliphatic rings. The van der Waals surface area contributed by atoms with Crippen molar-refractivity contribution in [2.75, 3.05) is 13.7 Å². The molecule has 0 bridgehead atoms. The lowest BCUT2D eigenvalue weighted by Crippen LogP contribution is -2.43. The van der Waals surface area contributed by atoms with E-state index in [1.165, 1.54) is 5.56 Å². The van der Waals surface area contributed by atoms with E-state index in [4.69, 9.17) is 4.74 Å². The van der Waals surface area contributed by atoms with Crippen LogP contribution in [0.1, 0.15) is 38.7 Å². The van der Waals surface area contributed by atoms with Gasteiger partial charge in [0.2, 0.25) is 0 Å². The minimum absolute atomic E-state index is 0.279. The van der Waals surface area contributed by atoms with Crippen molar-refractivity contribution in [3.8, 4) is 0 Å². The zero-order valence-corrected chi connectivity index (χ0v) is 12.1. The van der Waals surface area contributed by atoms with Gasteiger partial charge in [0.1, 0.15) is 0 Å². The van der Waals surface area contributed by atoms with Gasteiger partial charge >= 0.3 is 0 Å². The Bertz CT molecular complexity index is 325. The van der Waals surface area contributed by atoms with Crippen LogP contribution in [-0.2, 0) is 18.2 Å². The maximum absolute atomic E-state index is 5.64. The minimum Gasteiger partial charge on any atom is -0.380 e. The summed E-state index contributed by atoms with van der Waals surface area (Å²) in [6, 6.07) is 0.374. The van der Waals surface area contributed by atoms with Gasteiger partial charge in [0, 0.05) is 26.4 Å². The van der Waals surface area contributed by atoms with Crippen LogP contribution in [-0.4, -0.2) is 35.6 Å². The van der Waals surface area contributed by atoms with E-state index < -0.39 is 0 Å². The molecule has 104 valence electrons. The molecule has 1 N–H and O–H groups in total. The van der Waals surface area contributed by atoms with Gasteiger partial charge in [0.05, 0.1) is 12.3 Å². The summed E-state index contributed by atoms with van der Waals surface area (Å²) in [5.74, 6) is 0. The first-order chi connectivity index (χ1) is 8.71. The van der Waals surface area contributed by atoms with E-state index in [0.717, 1.165) is 32.2 Å². The molecular formula is C14H27N3O. The van der Waals surface area contributed by atoms with Crippen molar-refractivity contribution in [3.63, 3.8) is 0 Å². The molecule has 18 heavy (non-hydrogen) atoms. The highest BCUT2D eigenvalue weighted by molar-refractivity contribution is 5.07. The quantitative estimate of drug-likeness (QED) is 0.733. The predicted octanol–water partition coefficient (Wildman–Crippen LogP) is 2.15. The molecule has 0 aliphatic carbocycles.